The zero-order valence-corrected chi connectivity index (χ0v) is 16.3. The summed E-state index contributed by atoms with van der Waals surface area (Å²) in [4.78, 5) is 29.0. The molecule has 1 aliphatic heterocycles. The van der Waals surface area contributed by atoms with Crippen molar-refractivity contribution in [1.29, 1.82) is 0 Å². The largest absolute Gasteiger partial charge is 0.496 e. The number of halogens is 1. The van der Waals surface area contributed by atoms with Crippen molar-refractivity contribution < 1.29 is 14.3 Å². The van der Waals surface area contributed by atoms with Crippen LogP contribution in [-0.2, 0) is 4.79 Å². The predicted molar refractivity (Wildman–Crippen MR) is 105 cm³/mol. The van der Waals surface area contributed by atoms with Gasteiger partial charge in [-0.25, -0.2) is 4.99 Å². The van der Waals surface area contributed by atoms with Crippen molar-refractivity contribution in [2.45, 2.75) is 20.3 Å². The quantitative estimate of drug-likeness (QED) is 0.860. The Morgan fingerprint density at radius 1 is 1.26 bits per heavy atom. The van der Waals surface area contributed by atoms with Gasteiger partial charge in [-0.15, -0.1) is 0 Å². The molecule has 140 valence electrons. The highest BCUT2D eigenvalue weighted by molar-refractivity contribution is 6.31. The van der Waals surface area contributed by atoms with E-state index in [-0.39, 0.29) is 17.7 Å². The van der Waals surface area contributed by atoms with E-state index in [4.69, 9.17) is 16.3 Å². The van der Waals surface area contributed by atoms with Gasteiger partial charge in [-0.3, -0.25) is 9.59 Å². The summed E-state index contributed by atoms with van der Waals surface area (Å²) in [6.07, 6.45) is 2.41. The number of ether oxygens (including phenoxy) is 1. The Morgan fingerprint density at radius 2 is 2.04 bits per heavy atom. The molecule has 2 aromatic carbocycles. The van der Waals surface area contributed by atoms with Crippen LogP contribution < -0.4 is 20.6 Å². The van der Waals surface area contributed by atoms with Crippen LogP contribution in [0, 0.1) is 19.8 Å². The number of amides is 2. The van der Waals surface area contributed by atoms with Gasteiger partial charge >= 0.3 is 0 Å². The minimum Gasteiger partial charge on any atom is -0.496 e. The molecule has 0 spiro atoms. The summed E-state index contributed by atoms with van der Waals surface area (Å²) >= 11 is 5.97. The lowest BCUT2D eigenvalue weighted by molar-refractivity contribution is -0.120. The molecule has 27 heavy (non-hydrogen) atoms. The van der Waals surface area contributed by atoms with Crippen LogP contribution in [0.4, 0.5) is 0 Å². The van der Waals surface area contributed by atoms with Crippen molar-refractivity contribution in [3.63, 3.8) is 0 Å². The monoisotopic (exact) mass is 384 g/mol. The van der Waals surface area contributed by atoms with Crippen molar-refractivity contribution in [3.8, 4) is 5.75 Å². The first-order chi connectivity index (χ1) is 12.9. The zero-order chi connectivity index (χ0) is 19.6. The number of aryl methyl sites for hydroxylation is 1. The van der Waals surface area contributed by atoms with Gasteiger partial charge in [0.1, 0.15) is 5.75 Å². The Morgan fingerprint density at radius 3 is 2.78 bits per heavy atom. The van der Waals surface area contributed by atoms with Gasteiger partial charge in [-0.1, -0.05) is 29.8 Å². The number of methoxy groups -OCH3 is 1. The number of rotatable bonds is 5. The van der Waals surface area contributed by atoms with E-state index in [0.29, 0.717) is 29.3 Å². The van der Waals surface area contributed by atoms with Crippen LogP contribution in [0.5, 0.6) is 5.75 Å². The predicted octanol–water partition coefficient (Wildman–Crippen LogP) is 2.34. The Kier molecular flexibility index (Phi) is 5.61. The molecule has 0 radical (unpaired) electrons. The molecule has 5 nitrogen and oxygen atoms in total. The molecule has 1 aliphatic rings. The molecule has 0 saturated heterocycles. The lowest BCUT2D eigenvalue weighted by Gasteiger charge is -2.15. The highest BCUT2D eigenvalue weighted by Gasteiger charge is 2.20. The number of carbonyl (C=O) groups is 2. The second kappa shape index (κ2) is 7.92. The SMILES string of the molecule is COc1ccc(Cl)cc1C(=O)NCCC1C=c2ccc(C)c(C)c2=NC1=O. The summed E-state index contributed by atoms with van der Waals surface area (Å²) in [7, 11) is 1.50. The molecule has 0 aromatic heterocycles. The molecule has 1 atom stereocenters. The minimum atomic E-state index is -0.346. The first kappa shape index (κ1) is 19.1. The van der Waals surface area contributed by atoms with Gasteiger partial charge in [0.05, 0.1) is 23.9 Å². The molecule has 3 rings (SSSR count). The zero-order valence-electron chi connectivity index (χ0n) is 15.5. The van der Waals surface area contributed by atoms with E-state index in [0.717, 1.165) is 21.7 Å². The summed E-state index contributed by atoms with van der Waals surface area (Å²) < 4.78 is 5.20. The van der Waals surface area contributed by atoms with E-state index >= 15 is 0 Å². The van der Waals surface area contributed by atoms with E-state index in [1.54, 1.807) is 18.2 Å². The van der Waals surface area contributed by atoms with Gasteiger partial charge in [0.2, 0.25) is 0 Å². The van der Waals surface area contributed by atoms with Crippen LogP contribution in [0.2, 0.25) is 5.02 Å². The van der Waals surface area contributed by atoms with Crippen molar-refractivity contribution >= 4 is 29.5 Å². The molecule has 0 aliphatic carbocycles. The van der Waals surface area contributed by atoms with Gasteiger partial charge in [-0.2, -0.15) is 0 Å². The molecule has 1 N–H and O–H groups in total. The smallest absolute Gasteiger partial charge is 0.255 e. The number of fused-ring (bicyclic) bond motifs is 1. The second-order valence-electron chi connectivity index (χ2n) is 6.56. The van der Waals surface area contributed by atoms with Gasteiger partial charge in [0.15, 0.2) is 0 Å². The Labute approximate surface area is 162 Å². The number of benzene rings is 2. The fraction of sp³-hybridized carbons (Fsp3) is 0.286. The van der Waals surface area contributed by atoms with Crippen LogP contribution in [0.25, 0.3) is 6.08 Å². The van der Waals surface area contributed by atoms with Crippen LogP contribution in [0.15, 0.2) is 35.3 Å². The molecule has 0 bridgehead atoms. The van der Waals surface area contributed by atoms with Crippen molar-refractivity contribution in [3.05, 3.63) is 62.6 Å². The minimum absolute atomic E-state index is 0.175. The van der Waals surface area contributed by atoms with Crippen molar-refractivity contribution in [2.75, 3.05) is 13.7 Å². The first-order valence-corrected chi connectivity index (χ1v) is 9.11. The highest BCUT2D eigenvalue weighted by Crippen LogP contribution is 2.22. The van der Waals surface area contributed by atoms with Gasteiger partial charge in [-0.05, 0) is 54.8 Å². The number of nitrogens with zero attached hydrogens (tertiary/aromatic N) is 1. The average molecular weight is 385 g/mol. The van der Waals surface area contributed by atoms with E-state index in [1.807, 2.05) is 32.1 Å². The van der Waals surface area contributed by atoms with Gasteiger partial charge in [0, 0.05) is 11.6 Å². The third kappa shape index (κ3) is 4.03. The molecule has 0 saturated carbocycles. The van der Waals surface area contributed by atoms with Crippen LogP contribution >= 0.6 is 11.6 Å². The Balaban J connectivity index is 1.70. The average Bonchev–Trinajstić information content (AvgIpc) is 2.65. The third-order valence-corrected chi connectivity index (χ3v) is 5.04. The number of hydrogen-bond donors (Lipinski definition) is 1. The van der Waals surface area contributed by atoms with Gasteiger partial charge in [0.25, 0.3) is 11.8 Å². The molecule has 6 heteroatoms. The first-order valence-electron chi connectivity index (χ1n) is 8.73. The summed E-state index contributed by atoms with van der Waals surface area (Å²) in [6, 6.07) is 8.88. The Bertz CT molecular complexity index is 1030. The number of nitrogens with one attached hydrogen (secondary N) is 1. The van der Waals surface area contributed by atoms with E-state index in [2.05, 4.69) is 10.3 Å². The lowest BCUT2D eigenvalue weighted by Crippen LogP contribution is -2.37. The summed E-state index contributed by atoms with van der Waals surface area (Å²) in [5, 5.41) is 5.00. The summed E-state index contributed by atoms with van der Waals surface area (Å²) in [6.45, 7) is 4.32. The van der Waals surface area contributed by atoms with Crippen LogP contribution in [0.1, 0.15) is 27.9 Å². The molecular weight excluding hydrogens is 364 g/mol. The van der Waals surface area contributed by atoms with Gasteiger partial charge < -0.3 is 10.1 Å². The Hall–Kier alpha value is -2.66. The molecule has 0 fully saturated rings. The maximum absolute atomic E-state index is 12.4. The summed E-state index contributed by atoms with van der Waals surface area (Å²) in [5.74, 6) is -0.361. The fourth-order valence-corrected chi connectivity index (χ4v) is 3.26. The standard InChI is InChI=1S/C21H21ClN2O3/c1-12-4-5-14-10-15(20(25)24-19(14)13(12)2)8-9-23-21(26)17-11-16(22)6-7-18(17)27-3/h4-7,10-11,15H,8-9H2,1-3H3,(H,23,26). The van der Waals surface area contributed by atoms with E-state index < -0.39 is 0 Å². The molecular formula is C21H21ClN2O3. The fourth-order valence-electron chi connectivity index (χ4n) is 3.09. The second-order valence-corrected chi connectivity index (χ2v) is 6.99. The molecule has 1 unspecified atom stereocenters. The third-order valence-electron chi connectivity index (χ3n) is 4.80. The van der Waals surface area contributed by atoms with E-state index in [9.17, 15) is 9.59 Å². The maximum atomic E-state index is 12.4. The highest BCUT2D eigenvalue weighted by atomic mass is 35.5. The van der Waals surface area contributed by atoms with Crippen LogP contribution in [0.3, 0.4) is 0 Å². The van der Waals surface area contributed by atoms with Crippen molar-refractivity contribution in [1.82, 2.24) is 5.32 Å². The molecule has 2 aromatic rings. The maximum Gasteiger partial charge on any atom is 0.255 e. The molecule has 2 amide bonds. The van der Waals surface area contributed by atoms with Crippen molar-refractivity contribution in [2.24, 2.45) is 10.9 Å². The molecule has 1 heterocycles. The number of hydrogen-bond acceptors (Lipinski definition) is 3. The number of carbonyl (C=O) groups excluding carboxylic acids is 2. The topological polar surface area (TPSA) is 67.8 Å². The van der Waals surface area contributed by atoms with Crippen LogP contribution in [-0.4, -0.2) is 25.5 Å². The normalized spacial score (nSPS) is 15.4. The van der Waals surface area contributed by atoms with E-state index in [1.165, 1.54) is 7.11 Å². The lowest BCUT2D eigenvalue weighted by atomic mass is 9.98. The summed E-state index contributed by atoms with van der Waals surface area (Å²) in [5.41, 5.74) is 2.50.